The van der Waals surface area contributed by atoms with Gasteiger partial charge in [0.2, 0.25) is 0 Å². The van der Waals surface area contributed by atoms with Gasteiger partial charge in [-0.1, -0.05) is 59.3 Å². The molecule has 4 rings (SSSR count). The Morgan fingerprint density at radius 3 is 2.52 bits per heavy atom. The van der Waals surface area contributed by atoms with Gasteiger partial charge in [0.15, 0.2) is 0 Å². The Kier molecular flexibility index (Phi) is 6.07. The largest absolute Gasteiger partial charge is 0.478 e. The third kappa shape index (κ3) is 3.50. The predicted octanol–water partition coefficient (Wildman–Crippen LogP) is 7.61. The van der Waals surface area contributed by atoms with Gasteiger partial charge >= 0.3 is 5.97 Å². The van der Waals surface area contributed by atoms with Crippen LogP contribution in [0.4, 0.5) is 0 Å². The first kappa shape index (κ1) is 24.7. The van der Waals surface area contributed by atoms with E-state index in [0.717, 1.165) is 32.1 Å². The highest BCUT2D eigenvalue weighted by Gasteiger charge is 2.65. The smallest absolute Gasteiger partial charge is 0.330 e. The van der Waals surface area contributed by atoms with Gasteiger partial charge in [-0.3, -0.25) is 4.79 Å². The number of carbonyl (C=O) groups excluding carboxylic acids is 1. The molecule has 3 saturated carbocycles. The van der Waals surface area contributed by atoms with Crippen LogP contribution in [0, 0.1) is 45.3 Å². The first-order valence-electron chi connectivity index (χ1n) is 13.4. The van der Waals surface area contributed by atoms with Gasteiger partial charge in [-0.15, -0.1) is 0 Å². The molecule has 0 heterocycles. The van der Waals surface area contributed by atoms with Crippen LogP contribution < -0.4 is 0 Å². The van der Waals surface area contributed by atoms with Crippen LogP contribution in [0.3, 0.4) is 0 Å². The zero-order valence-corrected chi connectivity index (χ0v) is 22.1. The summed E-state index contributed by atoms with van der Waals surface area (Å²) in [6, 6.07) is 0. The maximum Gasteiger partial charge on any atom is 0.330 e. The average Bonchev–Trinajstić information content (AvgIpc) is 3.02. The van der Waals surface area contributed by atoms with Crippen molar-refractivity contribution in [3.8, 4) is 0 Å². The number of carboxylic acids is 1. The Morgan fingerprint density at radius 2 is 1.85 bits per heavy atom. The van der Waals surface area contributed by atoms with Crippen molar-refractivity contribution in [1.29, 1.82) is 0 Å². The van der Waals surface area contributed by atoms with Crippen LogP contribution in [0.15, 0.2) is 23.3 Å². The number of aliphatic carboxylic acids is 1. The quantitative estimate of drug-likeness (QED) is 0.343. The number of carboxylic acid groups (broad SMARTS) is 1. The summed E-state index contributed by atoms with van der Waals surface area (Å²) in [4.78, 5) is 23.9. The third-order valence-electron chi connectivity index (χ3n) is 11.7. The van der Waals surface area contributed by atoms with Crippen molar-refractivity contribution < 1.29 is 14.7 Å². The predicted molar refractivity (Wildman–Crippen MR) is 134 cm³/mol. The number of Topliss-reactive ketones (excluding diaryl/α,β-unsaturated/α-hetero) is 1. The number of fused-ring (bicyclic) bond motifs is 5. The molecule has 4 aliphatic rings. The molecule has 3 heteroatoms. The topological polar surface area (TPSA) is 54.4 Å². The second kappa shape index (κ2) is 8.09. The molecule has 1 N–H and O–H groups in total. The highest BCUT2D eigenvalue weighted by atomic mass is 16.4. The first-order valence-corrected chi connectivity index (χ1v) is 13.4. The Labute approximate surface area is 201 Å². The molecule has 7 atom stereocenters. The Balaban J connectivity index is 1.59. The van der Waals surface area contributed by atoms with E-state index in [2.05, 4.69) is 47.6 Å². The van der Waals surface area contributed by atoms with Gasteiger partial charge in [-0.2, -0.15) is 0 Å². The minimum absolute atomic E-state index is 0.203. The van der Waals surface area contributed by atoms with Gasteiger partial charge in [-0.25, -0.2) is 4.79 Å². The number of hydrogen-bond acceptors (Lipinski definition) is 2. The summed E-state index contributed by atoms with van der Waals surface area (Å²) in [5, 5.41) is 9.16. The molecule has 184 valence electrons. The average molecular weight is 455 g/mol. The summed E-state index contributed by atoms with van der Waals surface area (Å²) in [5.74, 6) is 2.05. The molecule has 0 aromatic heterocycles. The Morgan fingerprint density at radius 1 is 1.15 bits per heavy atom. The molecule has 0 aromatic rings. The van der Waals surface area contributed by atoms with E-state index in [-0.39, 0.29) is 16.2 Å². The molecule has 0 radical (unpaired) electrons. The summed E-state index contributed by atoms with van der Waals surface area (Å²) in [6.45, 7) is 16.2. The molecular weight excluding hydrogens is 408 g/mol. The number of carbonyl (C=O) groups is 2. The van der Waals surface area contributed by atoms with Crippen LogP contribution in [0.5, 0.6) is 0 Å². The molecular formula is C30H46O3. The number of hydrogen-bond donors (Lipinski definition) is 1. The van der Waals surface area contributed by atoms with Gasteiger partial charge in [0.25, 0.3) is 0 Å². The number of allylic oxidation sites excluding steroid dienone is 3. The van der Waals surface area contributed by atoms with Crippen LogP contribution in [0.25, 0.3) is 0 Å². The van der Waals surface area contributed by atoms with Crippen molar-refractivity contribution in [2.24, 2.45) is 45.3 Å². The maximum absolute atomic E-state index is 12.8. The lowest BCUT2D eigenvalue weighted by Crippen LogP contribution is -2.57. The van der Waals surface area contributed by atoms with E-state index in [0.29, 0.717) is 40.4 Å². The molecule has 0 unspecified atom stereocenters. The zero-order chi connectivity index (χ0) is 24.4. The zero-order valence-electron chi connectivity index (χ0n) is 22.1. The molecule has 0 bridgehead atoms. The van der Waals surface area contributed by atoms with Crippen molar-refractivity contribution in [2.45, 2.75) is 106 Å². The minimum Gasteiger partial charge on any atom is -0.478 e. The van der Waals surface area contributed by atoms with Crippen LogP contribution in [-0.4, -0.2) is 16.9 Å². The van der Waals surface area contributed by atoms with Gasteiger partial charge in [-0.05, 0) is 98.2 Å². The van der Waals surface area contributed by atoms with Crippen LogP contribution in [0.2, 0.25) is 0 Å². The normalized spacial score (nSPS) is 43.2. The maximum atomic E-state index is 12.8. The fraction of sp³-hybridized carbons (Fsp3) is 0.800. The lowest BCUT2D eigenvalue weighted by atomic mass is 9.41. The SMILES string of the molecule is C/C(=C/CC[C@@H](C)[C@@H]1CC[C@]2(C)C3=CC[C@H]4C(C)(C)C(=O)CC[C@]4(C)[C@H]3CC[C@@]12C)C(=O)O. The fourth-order valence-electron chi connectivity index (χ4n) is 9.32. The first-order chi connectivity index (χ1) is 15.3. The summed E-state index contributed by atoms with van der Waals surface area (Å²) < 4.78 is 0. The minimum atomic E-state index is -0.801. The monoisotopic (exact) mass is 454 g/mol. The van der Waals surface area contributed by atoms with Gasteiger partial charge in [0, 0.05) is 17.4 Å². The van der Waals surface area contributed by atoms with Gasteiger partial charge < -0.3 is 5.11 Å². The molecule has 3 nitrogen and oxygen atoms in total. The molecule has 4 aliphatic carbocycles. The van der Waals surface area contributed by atoms with Gasteiger partial charge in [0.1, 0.15) is 5.78 Å². The highest BCUT2D eigenvalue weighted by Crippen LogP contribution is 2.73. The molecule has 0 amide bonds. The Bertz CT molecular complexity index is 894. The molecule has 0 spiro atoms. The summed E-state index contributed by atoms with van der Waals surface area (Å²) in [5.41, 5.74) is 2.80. The summed E-state index contributed by atoms with van der Waals surface area (Å²) in [7, 11) is 0. The standard InChI is InChI=1S/C30H46O3/c1-19(9-8-10-20(2)26(32)33)21-13-17-30(7)23-11-12-24-27(3,4)25(31)15-16-28(24,5)22(23)14-18-29(21,30)6/h10-11,19,21-22,24H,8-9,12-18H2,1-7H3,(H,32,33)/b20-10-/t19-,21+,22+,24+,28-,29+,30-/m1/s1. The van der Waals surface area contributed by atoms with E-state index >= 15 is 0 Å². The van der Waals surface area contributed by atoms with Crippen molar-refractivity contribution in [2.75, 3.05) is 0 Å². The summed E-state index contributed by atoms with van der Waals surface area (Å²) in [6.07, 6.45) is 14.4. The van der Waals surface area contributed by atoms with E-state index in [1.807, 2.05) is 6.08 Å². The molecule has 0 aliphatic heterocycles. The second-order valence-electron chi connectivity index (χ2n) is 13.3. The van der Waals surface area contributed by atoms with Gasteiger partial charge in [0.05, 0.1) is 0 Å². The van der Waals surface area contributed by atoms with E-state index < -0.39 is 5.97 Å². The fourth-order valence-corrected chi connectivity index (χ4v) is 9.32. The van der Waals surface area contributed by atoms with Crippen molar-refractivity contribution >= 4 is 11.8 Å². The number of ketones is 1. The third-order valence-corrected chi connectivity index (χ3v) is 11.7. The highest BCUT2D eigenvalue weighted by molar-refractivity contribution is 5.86. The molecule has 3 fully saturated rings. The molecule has 33 heavy (non-hydrogen) atoms. The Hall–Kier alpha value is -1.38. The van der Waals surface area contributed by atoms with Crippen molar-refractivity contribution in [3.63, 3.8) is 0 Å². The lowest BCUT2D eigenvalue weighted by molar-refractivity contribution is -0.146. The molecule has 0 aromatic carbocycles. The van der Waals surface area contributed by atoms with Crippen molar-refractivity contribution in [1.82, 2.24) is 0 Å². The van der Waals surface area contributed by atoms with E-state index in [1.54, 1.807) is 12.5 Å². The van der Waals surface area contributed by atoms with E-state index in [9.17, 15) is 9.59 Å². The van der Waals surface area contributed by atoms with Crippen LogP contribution >= 0.6 is 0 Å². The van der Waals surface area contributed by atoms with Crippen LogP contribution in [-0.2, 0) is 9.59 Å². The van der Waals surface area contributed by atoms with Crippen molar-refractivity contribution in [3.05, 3.63) is 23.3 Å². The summed E-state index contributed by atoms with van der Waals surface area (Å²) >= 11 is 0. The van der Waals surface area contributed by atoms with E-state index in [1.165, 1.54) is 25.7 Å². The second-order valence-corrected chi connectivity index (χ2v) is 13.3. The lowest BCUT2D eigenvalue weighted by Gasteiger charge is -2.63. The van der Waals surface area contributed by atoms with E-state index in [4.69, 9.17) is 5.11 Å². The van der Waals surface area contributed by atoms with Crippen LogP contribution in [0.1, 0.15) is 106 Å². The number of rotatable bonds is 5. The molecule has 0 saturated heterocycles.